The first-order valence-corrected chi connectivity index (χ1v) is 10.0. The van der Waals surface area contributed by atoms with E-state index < -0.39 is 0 Å². The Balaban J connectivity index is 1.90. The van der Waals surface area contributed by atoms with Gasteiger partial charge in [0.1, 0.15) is 0 Å². The molecule has 0 unspecified atom stereocenters. The van der Waals surface area contributed by atoms with Crippen LogP contribution in [-0.4, -0.2) is 24.1 Å². The van der Waals surface area contributed by atoms with Gasteiger partial charge < -0.3 is 9.31 Å². The summed E-state index contributed by atoms with van der Waals surface area (Å²) in [5.41, 5.74) is 1.52. The van der Waals surface area contributed by atoms with Crippen LogP contribution in [0.4, 0.5) is 0 Å². The van der Waals surface area contributed by atoms with Crippen molar-refractivity contribution in [1.82, 2.24) is 0 Å². The summed E-state index contributed by atoms with van der Waals surface area (Å²) in [5, 5.41) is 4.92. The number of thiol groups is 1. The highest BCUT2D eigenvalue weighted by Crippen LogP contribution is 2.39. The summed E-state index contributed by atoms with van der Waals surface area (Å²) in [7, 11) is -0.384. The van der Waals surface area contributed by atoms with Crippen molar-refractivity contribution in [3.8, 4) is 0 Å². The van der Waals surface area contributed by atoms with Gasteiger partial charge in [0.05, 0.1) is 11.2 Å². The number of hydrogen-bond acceptors (Lipinski definition) is 3. The van der Waals surface area contributed by atoms with Gasteiger partial charge in [0, 0.05) is 5.75 Å². The Kier molecular flexibility index (Phi) is 4.62. The molecule has 1 fully saturated rings. The van der Waals surface area contributed by atoms with Gasteiger partial charge >= 0.3 is 7.12 Å². The molecule has 1 saturated heterocycles. The Morgan fingerprint density at radius 3 is 1.85 bits per heavy atom. The number of fused-ring (bicyclic) bond motifs is 2. The molecule has 0 N–H and O–H groups in total. The zero-order chi connectivity index (χ0) is 19.2. The van der Waals surface area contributed by atoms with Gasteiger partial charge in [0.25, 0.3) is 0 Å². The smallest absolute Gasteiger partial charge is 0.400 e. The maximum Gasteiger partial charge on any atom is 0.491 e. The molecular weight excluding hydrogens is 351 g/mol. The van der Waals surface area contributed by atoms with Crippen LogP contribution in [-0.2, 0) is 9.31 Å². The fourth-order valence-electron chi connectivity index (χ4n) is 3.57. The molecule has 0 saturated carbocycles. The SMILES string of the molecule is CC1(C)OB(C(=Cc2c3ccccc3cc3ccccc23)CS)OC1(C)C. The average Bonchev–Trinajstić information content (AvgIpc) is 2.86. The van der Waals surface area contributed by atoms with Gasteiger partial charge in [-0.3, -0.25) is 0 Å². The second kappa shape index (κ2) is 6.70. The summed E-state index contributed by atoms with van der Waals surface area (Å²) in [6, 6.07) is 19.3. The summed E-state index contributed by atoms with van der Waals surface area (Å²) in [4.78, 5) is 0. The normalized spacial score (nSPS) is 19.1. The third-order valence-electron chi connectivity index (χ3n) is 5.88. The van der Waals surface area contributed by atoms with Crippen LogP contribution in [0.2, 0.25) is 0 Å². The summed E-state index contributed by atoms with van der Waals surface area (Å²) in [5.74, 6) is 0.578. The van der Waals surface area contributed by atoms with E-state index in [2.05, 4.69) is 101 Å². The van der Waals surface area contributed by atoms with E-state index in [0.29, 0.717) is 5.75 Å². The molecule has 1 aliphatic heterocycles. The van der Waals surface area contributed by atoms with Crippen LogP contribution in [0.15, 0.2) is 60.1 Å². The van der Waals surface area contributed by atoms with Gasteiger partial charge in [0.15, 0.2) is 0 Å². The Labute approximate surface area is 167 Å². The molecule has 0 radical (unpaired) electrons. The van der Waals surface area contributed by atoms with Crippen LogP contribution in [0.25, 0.3) is 27.6 Å². The summed E-state index contributed by atoms with van der Waals surface area (Å²) in [6.07, 6.45) is 2.21. The molecule has 0 spiro atoms. The topological polar surface area (TPSA) is 18.5 Å². The quantitative estimate of drug-likeness (QED) is 0.347. The molecule has 138 valence electrons. The molecule has 3 aromatic carbocycles. The minimum absolute atomic E-state index is 0.361. The number of benzene rings is 3. The minimum Gasteiger partial charge on any atom is -0.400 e. The predicted molar refractivity (Wildman–Crippen MR) is 119 cm³/mol. The van der Waals surface area contributed by atoms with E-state index in [-0.39, 0.29) is 18.3 Å². The third-order valence-corrected chi connectivity index (χ3v) is 6.25. The van der Waals surface area contributed by atoms with E-state index in [4.69, 9.17) is 9.31 Å². The molecular formula is C23H25BO2S. The first-order chi connectivity index (χ1) is 12.8. The zero-order valence-corrected chi connectivity index (χ0v) is 17.2. The highest BCUT2D eigenvalue weighted by Gasteiger charge is 2.52. The Morgan fingerprint density at radius 2 is 1.37 bits per heavy atom. The van der Waals surface area contributed by atoms with Crippen molar-refractivity contribution >= 4 is 47.4 Å². The summed E-state index contributed by atoms with van der Waals surface area (Å²) in [6.45, 7) is 8.32. The molecule has 3 aromatic rings. The summed E-state index contributed by atoms with van der Waals surface area (Å²) < 4.78 is 12.5. The lowest BCUT2D eigenvalue weighted by Gasteiger charge is -2.32. The van der Waals surface area contributed by atoms with Crippen molar-refractivity contribution in [2.45, 2.75) is 38.9 Å². The third kappa shape index (κ3) is 3.20. The molecule has 4 rings (SSSR count). The van der Waals surface area contributed by atoms with Crippen molar-refractivity contribution < 1.29 is 9.31 Å². The van der Waals surface area contributed by atoms with Crippen LogP contribution in [0.1, 0.15) is 33.3 Å². The highest BCUT2D eigenvalue weighted by molar-refractivity contribution is 7.80. The predicted octanol–water partition coefficient (Wildman–Crippen LogP) is 5.94. The van der Waals surface area contributed by atoms with Crippen molar-refractivity contribution in [1.29, 1.82) is 0 Å². The van der Waals surface area contributed by atoms with E-state index in [0.717, 1.165) is 5.47 Å². The van der Waals surface area contributed by atoms with Crippen molar-refractivity contribution in [2.24, 2.45) is 0 Å². The Morgan fingerprint density at radius 1 is 0.889 bits per heavy atom. The van der Waals surface area contributed by atoms with E-state index in [1.54, 1.807) is 0 Å². The largest absolute Gasteiger partial charge is 0.491 e. The molecule has 0 aliphatic carbocycles. The van der Waals surface area contributed by atoms with Gasteiger partial charge in [-0.05, 0) is 66.3 Å². The number of rotatable bonds is 3. The molecule has 2 nitrogen and oxygen atoms in total. The molecule has 27 heavy (non-hydrogen) atoms. The van der Waals surface area contributed by atoms with Crippen molar-refractivity contribution in [3.05, 3.63) is 65.6 Å². The summed E-state index contributed by atoms with van der Waals surface area (Å²) >= 11 is 4.59. The molecule has 0 aromatic heterocycles. The molecule has 1 aliphatic rings. The van der Waals surface area contributed by atoms with Crippen LogP contribution in [0.5, 0.6) is 0 Å². The Bertz CT molecular complexity index is 969. The van der Waals surface area contributed by atoms with E-state index in [1.807, 2.05) is 0 Å². The van der Waals surface area contributed by atoms with Gasteiger partial charge in [-0.15, -0.1) is 0 Å². The average molecular weight is 376 g/mol. The minimum atomic E-state index is -0.384. The van der Waals surface area contributed by atoms with E-state index in [1.165, 1.54) is 27.1 Å². The van der Waals surface area contributed by atoms with Crippen molar-refractivity contribution in [3.63, 3.8) is 0 Å². The van der Waals surface area contributed by atoms with Crippen LogP contribution < -0.4 is 0 Å². The first-order valence-electron chi connectivity index (χ1n) is 9.40. The van der Waals surface area contributed by atoms with Gasteiger partial charge in [-0.25, -0.2) is 0 Å². The maximum absolute atomic E-state index is 6.27. The fourth-order valence-corrected chi connectivity index (χ4v) is 3.81. The lowest BCUT2D eigenvalue weighted by Crippen LogP contribution is -2.41. The van der Waals surface area contributed by atoms with Gasteiger partial charge in [-0.1, -0.05) is 54.6 Å². The molecule has 0 amide bonds. The highest BCUT2D eigenvalue weighted by atomic mass is 32.1. The lowest BCUT2D eigenvalue weighted by atomic mass is 9.77. The molecule has 4 heteroatoms. The zero-order valence-electron chi connectivity index (χ0n) is 16.3. The monoisotopic (exact) mass is 376 g/mol. The van der Waals surface area contributed by atoms with Gasteiger partial charge in [0.2, 0.25) is 0 Å². The maximum atomic E-state index is 6.27. The Hall–Kier alpha value is -1.75. The van der Waals surface area contributed by atoms with Crippen molar-refractivity contribution in [2.75, 3.05) is 5.75 Å². The van der Waals surface area contributed by atoms with Crippen LogP contribution >= 0.6 is 12.6 Å². The second-order valence-corrected chi connectivity index (χ2v) is 8.51. The van der Waals surface area contributed by atoms with Crippen LogP contribution in [0.3, 0.4) is 0 Å². The molecule has 1 heterocycles. The number of hydrogen-bond donors (Lipinski definition) is 1. The van der Waals surface area contributed by atoms with Crippen LogP contribution in [0, 0.1) is 0 Å². The van der Waals surface area contributed by atoms with Gasteiger partial charge in [-0.2, -0.15) is 12.6 Å². The second-order valence-electron chi connectivity index (χ2n) is 8.20. The fraction of sp³-hybridized carbons (Fsp3) is 0.304. The van der Waals surface area contributed by atoms with E-state index in [9.17, 15) is 0 Å². The van der Waals surface area contributed by atoms with E-state index >= 15 is 0 Å². The first kappa shape index (κ1) is 18.6. The standard InChI is InChI=1S/C23H25BO2S/c1-22(2)23(3,4)26-24(25-22)18(15-27)14-21-19-11-7-5-9-16(19)13-17-10-6-8-12-20(17)21/h5-14,27H,15H2,1-4H3. The molecule has 0 atom stereocenters. The molecule has 0 bridgehead atoms. The lowest BCUT2D eigenvalue weighted by molar-refractivity contribution is 0.00578.